The predicted molar refractivity (Wildman–Crippen MR) is 112 cm³/mol. The highest BCUT2D eigenvalue weighted by Crippen LogP contribution is 2.27. The highest BCUT2D eigenvalue weighted by atomic mass is 32.1. The Kier molecular flexibility index (Phi) is 5.72. The van der Waals surface area contributed by atoms with Gasteiger partial charge in [-0.1, -0.05) is 24.3 Å². The summed E-state index contributed by atoms with van der Waals surface area (Å²) in [6.45, 7) is 7.46. The zero-order valence-electron chi connectivity index (χ0n) is 15.6. The highest BCUT2D eigenvalue weighted by molar-refractivity contribution is 7.15. The number of hydrogen-bond donors (Lipinski definition) is 2. The molecule has 5 nitrogen and oxygen atoms in total. The van der Waals surface area contributed by atoms with Crippen molar-refractivity contribution in [1.82, 2.24) is 10.3 Å². The topological polar surface area (TPSA) is 71.1 Å². The maximum absolute atomic E-state index is 12.4. The second-order valence-corrected chi connectivity index (χ2v) is 8.50. The molecule has 1 aromatic carbocycles. The van der Waals surface area contributed by atoms with Crippen molar-refractivity contribution < 1.29 is 9.59 Å². The van der Waals surface area contributed by atoms with Gasteiger partial charge < -0.3 is 5.32 Å². The molecule has 1 unspecified atom stereocenters. The van der Waals surface area contributed by atoms with Crippen molar-refractivity contribution in [2.45, 2.75) is 33.7 Å². The summed E-state index contributed by atoms with van der Waals surface area (Å²) in [5.41, 5.74) is 3.93. The van der Waals surface area contributed by atoms with Crippen molar-refractivity contribution >= 4 is 39.6 Å². The Morgan fingerprint density at radius 3 is 2.44 bits per heavy atom. The standard InChI is InChI=1S/C20H21N3O2S2/c1-11-9-18(27-13(11)3)19(25)23-20-22-17(10-26-20)16-7-5-15(6-8-16)12(2)21-14(4)24/h5-10,12H,1-4H3,(H,21,24)(H,22,23,25). The fourth-order valence-corrected chi connectivity index (χ4v) is 4.28. The van der Waals surface area contributed by atoms with E-state index in [4.69, 9.17) is 0 Å². The molecule has 1 atom stereocenters. The second-order valence-electron chi connectivity index (χ2n) is 6.39. The lowest BCUT2D eigenvalue weighted by Gasteiger charge is -2.12. The fourth-order valence-electron chi connectivity index (χ4n) is 2.64. The van der Waals surface area contributed by atoms with E-state index < -0.39 is 0 Å². The van der Waals surface area contributed by atoms with Gasteiger partial charge in [0.15, 0.2) is 5.13 Å². The summed E-state index contributed by atoms with van der Waals surface area (Å²) >= 11 is 2.89. The maximum atomic E-state index is 12.4. The summed E-state index contributed by atoms with van der Waals surface area (Å²) in [6, 6.07) is 9.76. The van der Waals surface area contributed by atoms with Crippen LogP contribution in [-0.4, -0.2) is 16.8 Å². The molecule has 27 heavy (non-hydrogen) atoms. The molecule has 0 bridgehead atoms. The Morgan fingerprint density at radius 2 is 1.85 bits per heavy atom. The van der Waals surface area contributed by atoms with Crippen molar-refractivity contribution in [3.05, 3.63) is 56.6 Å². The van der Waals surface area contributed by atoms with Gasteiger partial charge in [-0.05, 0) is 38.0 Å². The molecule has 7 heteroatoms. The number of nitrogens with zero attached hydrogens (tertiary/aromatic N) is 1. The maximum Gasteiger partial charge on any atom is 0.267 e. The lowest BCUT2D eigenvalue weighted by molar-refractivity contribution is -0.119. The van der Waals surface area contributed by atoms with E-state index >= 15 is 0 Å². The number of nitrogens with one attached hydrogen (secondary N) is 2. The molecule has 3 rings (SSSR count). The van der Waals surface area contributed by atoms with Crippen LogP contribution in [0.5, 0.6) is 0 Å². The van der Waals surface area contributed by atoms with Crippen LogP contribution in [0.1, 0.15) is 45.6 Å². The van der Waals surface area contributed by atoms with Crippen LogP contribution in [0.25, 0.3) is 11.3 Å². The van der Waals surface area contributed by atoms with Gasteiger partial charge in [0.1, 0.15) is 0 Å². The number of amides is 2. The first-order valence-corrected chi connectivity index (χ1v) is 10.2. The van der Waals surface area contributed by atoms with Gasteiger partial charge in [0, 0.05) is 22.7 Å². The summed E-state index contributed by atoms with van der Waals surface area (Å²) < 4.78 is 0. The monoisotopic (exact) mass is 399 g/mol. The van der Waals surface area contributed by atoms with Gasteiger partial charge in [-0.25, -0.2) is 4.98 Å². The number of thiazole rings is 1. The zero-order chi connectivity index (χ0) is 19.6. The molecule has 0 aliphatic rings. The minimum absolute atomic E-state index is 0.0421. The van der Waals surface area contributed by atoms with Gasteiger partial charge in [0.05, 0.1) is 16.6 Å². The first kappa shape index (κ1) is 19.3. The molecular weight excluding hydrogens is 378 g/mol. The van der Waals surface area contributed by atoms with Crippen LogP contribution in [-0.2, 0) is 4.79 Å². The number of carbonyl (C=O) groups excluding carboxylic acids is 2. The molecule has 0 aliphatic carbocycles. The van der Waals surface area contributed by atoms with Gasteiger partial charge >= 0.3 is 0 Å². The molecular formula is C20H21N3O2S2. The van der Waals surface area contributed by atoms with Gasteiger partial charge in [0.25, 0.3) is 5.91 Å². The fraction of sp³-hybridized carbons (Fsp3) is 0.250. The molecule has 0 saturated carbocycles. The van der Waals surface area contributed by atoms with E-state index in [1.165, 1.54) is 29.6 Å². The molecule has 0 aliphatic heterocycles. The second kappa shape index (κ2) is 8.02. The molecule has 2 aromatic heterocycles. The average molecular weight is 400 g/mol. The van der Waals surface area contributed by atoms with Gasteiger partial charge in [-0.2, -0.15) is 0 Å². The zero-order valence-corrected chi connectivity index (χ0v) is 17.3. The van der Waals surface area contributed by atoms with Crippen molar-refractivity contribution in [2.24, 2.45) is 0 Å². The van der Waals surface area contributed by atoms with Crippen LogP contribution in [0.2, 0.25) is 0 Å². The Labute approximate surface area is 166 Å². The summed E-state index contributed by atoms with van der Waals surface area (Å²) in [7, 11) is 0. The van der Waals surface area contributed by atoms with Crippen molar-refractivity contribution in [3.8, 4) is 11.3 Å². The number of anilines is 1. The van der Waals surface area contributed by atoms with Crippen molar-refractivity contribution in [1.29, 1.82) is 0 Å². The van der Waals surface area contributed by atoms with Crippen LogP contribution >= 0.6 is 22.7 Å². The highest BCUT2D eigenvalue weighted by Gasteiger charge is 2.13. The van der Waals surface area contributed by atoms with Crippen molar-refractivity contribution in [3.63, 3.8) is 0 Å². The molecule has 0 spiro atoms. The lowest BCUT2D eigenvalue weighted by Crippen LogP contribution is -2.23. The minimum atomic E-state index is -0.128. The number of carbonyl (C=O) groups is 2. The van der Waals surface area contributed by atoms with E-state index in [2.05, 4.69) is 15.6 Å². The number of aryl methyl sites for hydroxylation is 2. The summed E-state index contributed by atoms with van der Waals surface area (Å²) in [6.07, 6.45) is 0. The van der Waals surface area contributed by atoms with Gasteiger partial charge in [0.2, 0.25) is 5.91 Å². The van der Waals surface area contributed by atoms with Crippen LogP contribution in [0.15, 0.2) is 35.7 Å². The Balaban J connectivity index is 1.70. The average Bonchev–Trinajstić information content (AvgIpc) is 3.21. The summed E-state index contributed by atoms with van der Waals surface area (Å²) in [5.74, 6) is -0.181. The summed E-state index contributed by atoms with van der Waals surface area (Å²) in [5, 5.41) is 8.24. The van der Waals surface area contributed by atoms with Gasteiger partial charge in [-0.3, -0.25) is 14.9 Å². The Morgan fingerprint density at radius 1 is 1.15 bits per heavy atom. The number of rotatable bonds is 5. The van der Waals surface area contributed by atoms with Crippen LogP contribution in [0.3, 0.4) is 0 Å². The third-order valence-electron chi connectivity index (χ3n) is 4.24. The van der Waals surface area contributed by atoms with E-state index in [9.17, 15) is 9.59 Å². The predicted octanol–water partition coefficient (Wildman–Crippen LogP) is 4.94. The van der Waals surface area contributed by atoms with Crippen molar-refractivity contribution in [2.75, 3.05) is 5.32 Å². The van der Waals surface area contributed by atoms with E-state index in [-0.39, 0.29) is 17.9 Å². The van der Waals surface area contributed by atoms with E-state index in [1.807, 2.05) is 56.5 Å². The minimum Gasteiger partial charge on any atom is -0.350 e. The van der Waals surface area contributed by atoms with Crippen LogP contribution < -0.4 is 10.6 Å². The normalized spacial score (nSPS) is 11.9. The first-order chi connectivity index (χ1) is 12.8. The third kappa shape index (κ3) is 4.61. The van der Waals surface area contributed by atoms with Crippen LogP contribution in [0, 0.1) is 13.8 Å². The van der Waals surface area contributed by atoms with E-state index in [0.29, 0.717) is 10.0 Å². The van der Waals surface area contributed by atoms with E-state index in [0.717, 1.165) is 27.3 Å². The molecule has 3 aromatic rings. The van der Waals surface area contributed by atoms with Gasteiger partial charge in [-0.15, -0.1) is 22.7 Å². The first-order valence-electron chi connectivity index (χ1n) is 8.55. The molecule has 2 N–H and O–H groups in total. The SMILES string of the molecule is CC(=O)NC(C)c1ccc(-c2csc(NC(=O)c3cc(C)c(C)s3)n2)cc1. The smallest absolute Gasteiger partial charge is 0.267 e. The molecule has 140 valence electrons. The Bertz CT molecular complexity index is 954. The number of thiophene rings is 1. The van der Waals surface area contributed by atoms with E-state index in [1.54, 1.807) is 0 Å². The number of aromatic nitrogens is 1. The lowest BCUT2D eigenvalue weighted by atomic mass is 10.1. The Hall–Kier alpha value is -2.51. The number of hydrogen-bond acceptors (Lipinski definition) is 5. The summed E-state index contributed by atoms with van der Waals surface area (Å²) in [4.78, 5) is 29.9. The number of benzene rings is 1. The largest absolute Gasteiger partial charge is 0.350 e. The molecule has 2 amide bonds. The van der Waals surface area contributed by atoms with Crippen LogP contribution in [0.4, 0.5) is 5.13 Å². The molecule has 0 saturated heterocycles. The quantitative estimate of drug-likeness (QED) is 0.638. The molecule has 0 fully saturated rings. The third-order valence-corrected chi connectivity index (χ3v) is 6.15. The molecule has 0 radical (unpaired) electrons. The molecule has 2 heterocycles.